The first-order chi connectivity index (χ1) is 13.2. The van der Waals surface area contributed by atoms with Crippen molar-refractivity contribution in [2.75, 3.05) is 7.11 Å². The fourth-order valence-corrected chi connectivity index (χ4v) is 4.10. The number of ketones is 2. The lowest BCUT2D eigenvalue weighted by Crippen LogP contribution is -2.30. The molecule has 1 saturated carbocycles. The highest BCUT2D eigenvalue weighted by Gasteiger charge is 2.42. The van der Waals surface area contributed by atoms with Gasteiger partial charge in [0, 0.05) is 36.9 Å². The molecule has 7 heteroatoms. The monoisotopic (exact) mass is 418 g/mol. The molecule has 1 aliphatic rings. The molecule has 160 valence electrons. The van der Waals surface area contributed by atoms with Crippen LogP contribution in [0.4, 0.5) is 8.78 Å². The summed E-state index contributed by atoms with van der Waals surface area (Å²) in [6.45, 7) is 1.81. The average Bonchev–Trinajstić information content (AvgIpc) is 2.93. The van der Waals surface area contributed by atoms with Gasteiger partial charge in [-0.25, -0.2) is 0 Å². The topological polar surface area (TPSA) is 60.4 Å². The number of carbonyl (C=O) groups excluding carboxylic acids is 3. The Bertz CT molecular complexity index is 563. The average molecular weight is 419 g/mol. The third-order valence-electron chi connectivity index (χ3n) is 5.33. The number of hydrogen-bond acceptors (Lipinski definition) is 5. The molecule has 0 aromatic heterocycles. The Morgan fingerprint density at radius 2 is 1.96 bits per heavy atom. The van der Waals surface area contributed by atoms with Crippen molar-refractivity contribution in [1.29, 1.82) is 0 Å². The molecule has 0 bridgehead atoms. The highest BCUT2D eigenvalue weighted by Crippen LogP contribution is 2.39. The molecular formula is C21H32F2O4S. The number of halogens is 2. The second-order valence-electron chi connectivity index (χ2n) is 7.45. The van der Waals surface area contributed by atoms with E-state index in [-0.39, 0.29) is 41.7 Å². The van der Waals surface area contributed by atoms with Crippen molar-refractivity contribution in [3.8, 4) is 0 Å². The van der Waals surface area contributed by atoms with E-state index in [1.165, 1.54) is 7.11 Å². The summed E-state index contributed by atoms with van der Waals surface area (Å²) in [5, 5.41) is -0.192. The van der Waals surface area contributed by atoms with E-state index in [1.54, 1.807) is 0 Å². The number of rotatable bonds is 13. The summed E-state index contributed by atoms with van der Waals surface area (Å²) in [6.07, 6.45) is 6.94. The molecule has 28 heavy (non-hydrogen) atoms. The molecule has 0 aliphatic heterocycles. The third-order valence-corrected chi connectivity index (χ3v) is 5.89. The Kier molecular flexibility index (Phi) is 10.9. The molecule has 1 fully saturated rings. The Labute approximate surface area is 171 Å². The number of unbranched alkanes of at least 4 members (excludes halogenated alkanes) is 2. The first-order valence-corrected chi connectivity index (χ1v) is 10.6. The molecule has 0 amide bonds. The van der Waals surface area contributed by atoms with Gasteiger partial charge in [0.2, 0.25) is 5.78 Å². The fraction of sp³-hybridized carbons (Fsp3) is 0.762. The van der Waals surface area contributed by atoms with Crippen LogP contribution in [0, 0.1) is 11.8 Å². The summed E-state index contributed by atoms with van der Waals surface area (Å²) < 4.78 is 32.3. The van der Waals surface area contributed by atoms with Crippen LogP contribution in [0.2, 0.25) is 0 Å². The first kappa shape index (κ1) is 24.8. The number of alkyl halides is 2. The molecule has 0 aromatic carbocycles. The van der Waals surface area contributed by atoms with Gasteiger partial charge in [0.15, 0.2) is 0 Å². The molecule has 0 heterocycles. The quantitative estimate of drug-likeness (QED) is 0.199. The SMILES string of the molecule is CCCCC(F)(F)C(=O)CCC1[C@H](S)CC(=O)[C@@H]1C/C=C\CCCC(=O)OC. The summed E-state index contributed by atoms with van der Waals surface area (Å²) in [5.74, 6) is -4.93. The third kappa shape index (κ3) is 8.02. The summed E-state index contributed by atoms with van der Waals surface area (Å²) in [4.78, 5) is 35.2. The standard InChI is InChI=1S/C21H32F2O4S/c1-3-4-13-21(22,23)19(25)12-11-16-15(17(24)14-18(16)28)9-7-5-6-8-10-20(26)27-2/h5,7,15-16,18,28H,3-4,6,8-14H2,1-2H3/b7-5-/t15-,16?,18-/m1/s1. The Morgan fingerprint density at radius 3 is 2.61 bits per heavy atom. The second kappa shape index (κ2) is 12.3. The van der Waals surface area contributed by atoms with E-state index >= 15 is 0 Å². The van der Waals surface area contributed by atoms with Crippen molar-refractivity contribution in [2.24, 2.45) is 11.8 Å². The fourth-order valence-electron chi connectivity index (χ4n) is 3.56. The van der Waals surface area contributed by atoms with Gasteiger partial charge in [0.05, 0.1) is 7.11 Å². The molecule has 1 unspecified atom stereocenters. The van der Waals surface area contributed by atoms with Crippen LogP contribution in [0.25, 0.3) is 0 Å². The van der Waals surface area contributed by atoms with Crippen LogP contribution < -0.4 is 0 Å². The number of methoxy groups -OCH3 is 1. The van der Waals surface area contributed by atoms with Crippen LogP contribution in [0.15, 0.2) is 12.2 Å². The number of ether oxygens (including phenoxy) is 1. The Morgan fingerprint density at radius 1 is 1.25 bits per heavy atom. The van der Waals surface area contributed by atoms with Gasteiger partial charge in [0.25, 0.3) is 0 Å². The van der Waals surface area contributed by atoms with E-state index in [0.717, 1.165) is 0 Å². The summed E-state index contributed by atoms with van der Waals surface area (Å²) in [6, 6.07) is 0. The molecular weight excluding hydrogens is 386 g/mol. The largest absolute Gasteiger partial charge is 0.469 e. The molecule has 1 aliphatic carbocycles. The molecule has 4 nitrogen and oxygen atoms in total. The number of carbonyl (C=O) groups is 3. The molecule has 0 spiro atoms. The number of thiol groups is 1. The number of Topliss-reactive ketones (excluding diaryl/α,β-unsaturated/α-hetero) is 2. The minimum atomic E-state index is -3.28. The maximum absolute atomic E-state index is 13.9. The minimum Gasteiger partial charge on any atom is -0.469 e. The van der Waals surface area contributed by atoms with Crippen molar-refractivity contribution in [1.82, 2.24) is 0 Å². The predicted molar refractivity (Wildman–Crippen MR) is 108 cm³/mol. The number of esters is 1. The zero-order valence-electron chi connectivity index (χ0n) is 16.8. The number of hydrogen-bond donors (Lipinski definition) is 1. The van der Waals surface area contributed by atoms with E-state index in [4.69, 9.17) is 0 Å². The van der Waals surface area contributed by atoms with Crippen LogP contribution >= 0.6 is 12.6 Å². The van der Waals surface area contributed by atoms with Crippen molar-refractivity contribution in [3.05, 3.63) is 12.2 Å². The van der Waals surface area contributed by atoms with E-state index in [1.807, 2.05) is 19.1 Å². The summed E-state index contributed by atoms with van der Waals surface area (Å²) in [7, 11) is 1.35. The second-order valence-corrected chi connectivity index (χ2v) is 8.12. The highest BCUT2D eigenvalue weighted by molar-refractivity contribution is 7.81. The van der Waals surface area contributed by atoms with Crippen LogP contribution in [-0.4, -0.2) is 35.8 Å². The van der Waals surface area contributed by atoms with Gasteiger partial charge in [0.1, 0.15) is 5.78 Å². The zero-order valence-corrected chi connectivity index (χ0v) is 17.7. The summed E-state index contributed by atoms with van der Waals surface area (Å²) in [5.41, 5.74) is 0. The van der Waals surface area contributed by atoms with Crippen LogP contribution in [0.3, 0.4) is 0 Å². The molecule has 1 rings (SSSR count). The van der Waals surface area contributed by atoms with Gasteiger partial charge >= 0.3 is 11.9 Å². The van der Waals surface area contributed by atoms with Gasteiger partial charge in [-0.15, -0.1) is 0 Å². The number of allylic oxidation sites excluding steroid dienone is 2. The Hall–Kier alpha value is -1.24. The summed E-state index contributed by atoms with van der Waals surface area (Å²) >= 11 is 4.45. The van der Waals surface area contributed by atoms with E-state index in [9.17, 15) is 23.2 Å². The minimum absolute atomic E-state index is 0.0782. The maximum atomic E-state index is 13.9. The van der Waals surface area contributed by atoms with Gasteiger partial charge in [-0.05, 0) is 38.0 Å². The normalized spacial score (nSPS) is 22.8. The molecule has 0 aromatic rings. The highest BCUT2D eigenvalue weighted by atomic mass is 32.1. The lowest BCUT2D eigenvalue weighted by atomic mass is 9.86. The van der Waals surface area contributed by atoms with Crippen molar-refractivity contribution in [2.45, 2.75) is 82.3 Å². The zero-order chi connectivity index (χ0) is 21.2. The van der Waals surface area contributed by atoms with Crippen LogP contribution in [0.1, 0.15) is 71.1 Å². The van der Waals surface area contributed by atoms with Gasteiger partial charge < -0.3 is 4.74 Å². The molecule has 0 radical (unpaired) electrons. The van der Waals surface area contributed by atoms with Crippen LogP contribution in [-0.2, 0) is 19.1 Å². The van der Waals surface area contributed by atoms with Crippen LogP contribution in [0.5, 0.6) is 0 Å². The van der Waals surface area contributed by atoms with Gasteiger partial charge in [-0.1, -0.05) is 25.5 Å². The molecule has 0 saturated heterocycles. The smallest absolute Gasteiger partial charge is 0.305 e. The van der Waals surface area contributed by atoms with Crippen molar-refractivity contribution in [3.63, 3.8) is 0 Å². The predicted octanol–water partition coefficient (Wildman–Crippen LogP) is 4.95. The van der Waals surface area contributed by atoms with Gasteiger partial charge in [-0.3, -0.25) is 14.4 Å². The van der Waals surface area contributed by atoms with E-state index in [2.05, 4.69) is 17.4 Å². The lowest BCUT2D eigenvalue weighted by Gasteiger charge is -2.21. The van der Waals surface area contributed by atoms with Crippen molar-refractivity contribution < 1.29 is 27.9 Å². The Balaban J connectivity index is 2.51. The lowest BCUT2D eigenvalue weighted by molar-refractivity contribution is -0.144. The van der Waals surface area contributed by atoms with E-state index < -0.39 is 18.1 Å². The van der Waals surface area contributed by atoms with Gasteiger partial charge in [-0.2, -0.15) is 21.4 Å². The van der Waals surface area contributed by atoms with E-state index in [0.29, 0.717) is 44.9 Å². The van der Waals surface area contributed by atoms with Crippen molar-refractivity contribution >= 4 is 30.2 Å². The molecule has 3 atom stereocenters. The maximum Gasteiger partial charge on any atom is 0.305 e. The first-order valence-electron chi connectivity index (χ1n) is 10.1. The molecule has 0 N–H and O–H groups in total.